The Bertz CT molecular complexity index is 554. The molecule has 0 spiro atoms. The van der Waals surface area contributed by atoms with E-state index < -0.39 is 5.97 Å². The lowest BCUT2D eigenvalue weighted by molar-refractivity contribution is -0.143. The number of carboxylic acids is 1. The van der Waals surface area contributed by atoms with Crippen molar-refractivity contribution in [2.75, 3.05) is 26.2 Å². The molecular formula is C18H26N2O4. The molecule has 0 saturated carbocycles. The topological polar surface area (TPSA) is 78.9 Å². The Morgan fingerprint density at radius 2 is 2.08 bits per heavy atom. The van der Waals surface area contributed by atoms with Gasteiger partial charge < -0.3 is 15.2 Å². The Labute approximate surface area is 142 Å². The zero-order valence-electron chi connectivity index (χ0n) is 14.2. The van der Waals surface area contributed by atoms with Gasteiger partial charge in [0.1, 0.15) is 5.75 Å². The first-order chi connectivity index (χ1) is 11.6. The van der Waals surface area contributed by atoms with Crippen LogP contribution in [0.5, 0.6) is 5.75 Å². The minimum absolute atomic E-state index is 0.0383. The number of hydrogen-bond acceptors (Lipinski definition) is 4. The van der Waals surface area contributed by atoms with Crippen molar-refractivity contribution >= 4 is 11.9 Å². The third-order valence-electron chi connectivity index (χ3n) is 4.17. The summed E-state index contributed by atoms with van der Waals surface area (Å²) in [6.45, 7) is 4.84. The third-order valence-corrected chi connectivity index (χ3v) is 4.17. The molecule has 1 aliphatic rings. The van der Waals surface area contributed by atoms with Gasteiger partial charge in [-0.25, -0.2) is 0 Å². The van der Waals surface area contributed by atoms with Crippen LogP contribution in [0.4, 0.5) is 0 Å². The number of amides is 1. The van der Waals surface area contributed by atoms with Crippen LogP contribution in [0.1, 0.15) is 31.7 Å². The molecule has 0 atom stereocenters. The van der Waals surface area contributed by atoms with E-state index in [9.17, 15) is 9.59 Å². The summed E-state index contributed by atoms with van der Waals surface area (Å²) >= 11 is 0. The maximum absolute atomic E-state index is 12.1. The summed E-state index contributed by atoms with van der Waals surface area (Å²) in [7, 11) is 0. The number of piperidine rings is 1. The minimum Gasteiger partial charge on any atom is -0.494 e. The van der Waals surface area contributed by atoms with E-state index >= 15 is 0 Å². The fourth-order valence-corrected chi connectivity index (χ4v) is 2.76. The van der Waals surface area contributed by atoms with Crippen LogP contribution in [0.15, 0.2) is 24.3 Å². The fourth-order valence-electron chi connectivity index (χ4n) is 2.76. The van der Waals surface area contributed by atoms with Gasteiger partial charge in [-0.05, 0) is 50.0 Å². The summed E-state index contributed by atoms with van der Waals surface area (Å²) in [4.78, 5) is 25.0. The highest BCUT2D eigenvalue weighted by molar-refractivity contribution is 5.78. The lowest BCUT2D eigenvalue weighted by Crippen LogP contribution is -2.42. The summed E-state index contributed by atoms with van der Waals surface area (Å²) in [5.74, 6) is -0.220. The molecule has 0 aliphatic carbocycles. The molecule has 2 rings (SSSR count). The number of hydrogen-bond donors (Lipinski definition) is 2. The highest BCUT2D eigenvalue weighted by atomic mass is 16.5. The Morgan fingerprint density at radius 1 is 1.33 bits per heavy atom. The predicted octanol–water partition coefficient (Wildman–Crippen LogP) is 1.89. The van der Waals surface area contributed by atoms with Gasteiger partial charge in [-0.15, -0.1) is 0 Å². The lowest BCUT2D eigenvalue weighted by Gasteiger charge is -2.29. The van der Waals surface area contributed by atoms with Crippen LogP contribution in [-0.2, 0) is 16.1 Å². The van der Waals surface area contributed by atoms with Crippen molar-refractivity contribution in [1.82, 2.24) is 10.2 Å². The summed E-state index contributed by atoms with van der Waals surface area (Å²) < 4.78 is 5.58. The maximum Gasteiger partial charge on any atom is 0.306 e. The van der Waals surface area contributed by atoms with E-state index in [2.05, 4.69) is 12.2 Å². The molecule has 1 saturated heterocycles. The van der Waals surface area contributed by atoms with Gasteiger partial charge in [-0.1, -0.05) is 19.1 Å². The van der Waals surface area contributed by atoms with Crippen molar-refractivity contribution in [3.8, 4) is 5.75 Å². The Morgan fingerprint density at radius 3 is 2.75 bits per heavy atom. The molecule has 6 heteroatoms. The number of nitrogens with one attached hydrogen (secondary N) is 1. The quantitative estimate of drug-likeness (QED) is 0.759. The van der Waals surface area contributed by atoms with E-state index in [0.717, 1.165) is 17.7 Å². The van der Waals surface area contributed by atoms with E-state index in [4.69, 9.17) is 9.84 Å². The maximum atomic E-state index is 12.1. The molecule has 2 N–H and O–H groups in total. The third kappa shape index (κ3) is 5.85. The van der Waals surface area contributed by atoms with Crippen molar-refractivity contribution in [2.24, 2.45) is 5.92 Å². The number of carbonyl (C=O) groups is 2. The standard InChI is InChI=1S/C18H26N2O4/c1-2-10-24-16-5-3-4-14(11-16)12-19-17(21)13-20-8-6-15(7-9-20)18(22)23/h3-5,11,15H,2,6-10,12-13H2,1H3,(H,19,21)(H,22,23). The first kappa shape index (κ1) is 18.3. The molecule has 0 aromatic heterocycles. The van der Waals surface area contributed by atoms with Gasteiger partial charge in [0.15, 0.2) is 0 Å². The number of rotatable bonds is 8. The molecule has 1 aromatic rings. The van der Waals surface area contributed by atoms with Crippen LogP contribution in [0.25, 0.3) is 0 Å². The van der Waals surface area contributed by atoms with Crippen molar-refractivity contribution < 1.29 is 19.4 Å². The molecule has 1 amide bonds. The smallest absolute Gasteiger partial charge is 0.306 e. The van der Waals surface area contributed by atoms with Crippen molar-refractivity contribution in [2.45, 2.75) is 32.7 Å². The average molecular weight is 334 g/mol. The lowest BCUT2D eigenvalue weighted by atomic mass is 9.97. The first-order valence-electron chi connectivity index (χ1n) is 8.52. The minimum atomic E-state index is -0.732. The Hall–Kier alpha value is -2.08. The molecule has 1 aromatic carbocycles. The van der Waals surface area contributed by atoms with Gasteiger partial charge in [0.2, 0.25) is 5.91 Å². The molecule has 0 unspecified atom stereocenters. The van der Waals surface area contributed by atoms with E-state index in [0.29, 0.717) is 45.6 Å². The molecule has 0 radical (unpaired) electrons. The monoisotopic (exact) mass is 334 g/mol. The average Bonchev–Trinajstić information content (AvgIpc) is 2.59. The van der Waals surface area contributed by atoms with Crippen molar-refractivity contribution in [3.63, 3.8) is 0 Å². The van der Waals surface area contributed by atoms with Crippen LogP contribution in [0.3, 0.4) is 0 Å². The van der Waals surface area contributed by atoms with Crippen LogP contribution >= 0.6 is 0 Å². The van der Waals surface area contributed by atoms with Gasteiger partial charge in [-0.2, -0.15) is 0 Å². The van der Waals surface area contributed by atoms with Crippen LogP contribution in [0.2, 0.25) is 0 Å². The van der Waals surface area contributed by atoms with Gasteiger partial charge in [-0.3, -0.25) is 14.5 Å². The van der Waals surface area contributed by atoms with Crippen LogP contribution in [0, 0.1) is 5.92 Å². The second-order valence-corrected chi connectivity index (χ2v) is 6.16. The van der Waals surface area contributed by atoms with Gasteiger partial charge >= 0.3 is 5.97 Å². The predicted molar refractivity (Wildman–Crippen MR) is 90.9 cm³/mol. The molecule has 6 nitrogen and oxygen atoms in total. The fraction of sp³-hybridized carbons (Fsp3) is 0.556. The molecule has 1 fully saturated rings. The highest BCUT2D eigenvalue weighted by Crippen LogP contribution is 2.17. The molecular weight excluding hydrogens is 308 g/mol. The van der Waals surface area contributed by atoms with E-state index in [1.54, 1.807) is 0 Å². The van der Waals surface area contributed by atoms with Crippen molar-refractivity contribution in [3.05, 3.63) is 29.8 Å². The highest BCUT2D eigenvalue weighted by Gasteiger charge is 2.25. The Balaban J connectivity index is 1.72. The summed E-state index contributed by atoms with van der Waals surface area (Å²) in [6, 6.07) is 7.72. The number of carbonyl (C=O) groups excluding carboxylic acids is 1. The summed E-state index contributed by atoms with van der Waals surface area (Å²) in [6.07, 6.45) is 2.18. The van der Waals surface area contributed by atoms with E-state index in [-0.39, 0.29) is 11.8 Å². The first-order valence-corrected chi connectivity index (χ1v) is 8.52. The second kappa shape index (κ2) is 9.27. The molecule has 1 heterocycles. The molecule has 24 heavy (non-hydrogen) atoms. The number of nitrogens with zero attached hydrogens (tertiary/aromatic N) is 1. The second-order valence-electron chi connectivity index (χ2n) is 6.16. The molecule has 1 aliphatic heterocycles. The van der Waals surface area contributed by atoms with E-state index in [1.807, 2.05) is 29.2 Å². The van der Waals surface area contributed by atoms with Crippen LogP contribution < -0.4 is 10.1 Å². The number of likely N-dealkylation sites (tertiary alicyclic amines) is 1. The zero-order valence-corrected chi connectivity index (χ0v) is 14.2. The number of benzene rings is 1. The van der Waals surface area contributed by atoms with Gasteiger partial charge in [0, 0.05) is 6.54 Å². The van der Waals surface area contributed by atoms with Crippen LogP contribution in [-0.4, -0.2) is 48.1 Å². The molecule has 132 valence electrons. The summed E-state index contributed by atoms with van der Waals surface area (Å²) in [5.41, 5.74) is 1.00. The van der Waals surface area contributed by atoms with Crippen molar-refractivity contribution in [1.29, 1.82) is 0 Å². The van der Waals surface area contributed by atoms with Gasteiger partial charge in [0.25, 0.3) is 0 Å². The van der Waals surface area contributed by atoms with Gasteiger partial charge in [0.05, 0.1) is 19.1 Å². The number of carboxylic acid groups (broad SMARTS) is 1. The number of aliphatic carboxylic acids is 1. The number of ether oxygens (including phenoxy) is 1. The van der Waals surface area contributed by atoms with E-state index in [1.165, 1.54) is 0 Å². The normalized spacial score (nSPS) is 15.9. The SMILES string of the molecule is CCCOc1cccc(CNC(=O)CN2CCC(C(=O)O)CC2)c1. The zero-order chi connectivity index (χ0) is 17.4. The Kier molecular flexibility index (Phi) is 7.06. The largest absolute Gasteiger partial charge is 0.494 e. The summed E-state index contributed by atoms with van der Waals surface area (Å²) in [5, 5.41) is 11.9. The molecule has 0 bridgehead atoms.